The van der Waals surface area contributed by atoms with Crippen molar-refractivity contribution in [1.29, 1.82) is 0 Å². The Balaban J connectivity index is 1.36. The highest BCUT2D eigenvalue weighted by molar-refractivity contribution is 6.08. The third-order valence-corrected chi connectivity index (χ3v) is 7.15. The van der Waals surface area contributed by atoms with E-state index in [0.29, 0.717) is 32.4 Å². The average Bonchev–Trinajstić information content (AvgIpc) is 3.37. The van der Waals surface area contributed by atoms with Crippen LogP contribution in [0.3, 0.4) is 0 Å². The number of pyridine rings is 1. The van der Waals surface area contributed by atoms with Gasteiger partial charge >= 0.3 is 0 Å². The van der Waals surface area contributed by atoms with Crippen molar-refractivity contribution in [2.75, 3.05) is 13.1 Å². The van der Waals surface area contributed by atoms with Crippen LogP contribution in [0.5, 0.6) is 0 Å². The molecule has 3 aliphatic rings. The van der Waals surface area contributed by atoms with Gasteiger partial charge in [-0.25, -0.2) is 4.98 Å². The summed E-state index contributed by atoms with van der Waals surface area (Å²) in [5.74, 6) is -0.898. The summed E-state index contributed by atoms with van der Waals surface area (Å²) in [6.45, 7) is 5.09. The maximum atomic E-state index is 13.6. The normalized spacial score (nSPS) is 23.9. The first-order valence-corrected chi connectivity index (χ1v) is 11.9. The molecule has 172 valence electrons. The number of carbonyl (C=O) groups excluding carboxylic acids is 3. The Labute approximate surface area is 193 Å². The van der Waals surface area contributed by atoms with Crippen molar-refractivity contribution in [1.82, 2.24) is 19.8 Å². The highest BCUT2D eigenvalue weighted by Crippen LogP contribution is 2.37. The molecule has 1 fully saturated rings. The molecule has 0 bridgehead atoms. The van der Waals surface area contributed by atoms with Crippen molar-refractivity contribution < 1.29 is 14.4 Å². The van der Waals surface area contributed by atoms with E-state index in [2.05, 4.69) is 16.0 Å². The highest BCUT2D eigenvalue weighted by atomic mass is 16.2. The van der Waals surface area contributed by atoms with Crippen LogP contribution in [0.1, 0.15) is 45.1 Å². The number of allylic oxidation sites excluding steroid dienone is 2. The molecule has 2 aromatic heterocycles. The molecule has 3 unspecified atom stereocenters. The van der Waals surface area contributed by atoms with Crippen LogP contribution in [0.4, 0.5) is 0 Å². The van der Waals surface area contributed by atoms with Crippen LogP contribution in [0, 0.1) is 17.8 Å². The molecule has 4 heterocycles. The number of fused-ring (bicyclic) bond motifs is 2. The summed E-state index contributed by atoms with van der Waals surface area (Å²) in [7, 11) is 0. The molecule has 2 aromatic rings. The molecule has 3 amide bonds. The van der Waals surface area contributed by atoms with Crippen molar-refractivity contribution in [2.24, 2.45) is 17.8 Å². The lowest BCUT2D eigenvalue weighted by molar-refractivity contribution is -0.152. The minimum atomic E-state index is -0.720. The van der Waals surface area contributed by atoms with Crippen LogP contribution in [0.2, 0.25) is 0 Å². The first-order chi connectivity index (χ1) is 16.0. The van der Waals surface area contributed by atoms with E-state index in [1.54, 1.807) is 11.1 Å². The van der Waals surface area contributed by atoms with Gasteiger partial charge in [0.05, 0.1) is 11.8 Å². The zero-order valence-corrected chi connectivity index (χ0v) is 19.2. The Morgan fingerprint density at radius 2 is 1.91 bits per heavy atom. The number of nitrogens with zero attached hydrogens (tertiary/aromatic N) is 3. The summed E-state index contributed by atoms with van der Waals surface area (Å²) in [6, 6.07) is 3.25. The van der Waals surface area contributed by atoms with Crippen LogP contribution in [-0.2, 0) is 14.4 Å². The number of carbonyl (C=O) groups is 3. The predicted molar refractivity (Wildman–Crippen MR) is 126 cm³/mol. The summed E-state index contributed by atoms with van der Waals surface area (Å²) < 4.78 is 0. The van der Waals surface area contributed by atoms with E-state index in [4.69, 9.17) is 0 Å². The minimum absolute atomic E-state index is 0.118. The van der Waals surface area contributed by atoms with Gasteiger partial charge in [0.1, 0.15) is 11.7 Å². The second kappa shape index (κ2) is 8.61. The van der Waals surface area contributed by atoms with Gasteiger partial charge in [0.15, 0.2) is 0 Å². The number of aromatic nitrogens is 2. The van der Waals surface area contributed by atoms with Crippen LogP contribution >= 0.6 is 0 Å². The number of H-pyrrole nitrogens is 1. The van der Waals surface area contributed by atoms with E-state index in [-0.39, 0.29) is 35.5 Å². The number of rotatable bonds is 5. The molecule has 2 aliphatic heterocycles. The average molecular weight is 447 g/mol. The molecular formula is C26H30N4O3. The molecule has 1 aliphatic carbocycles. The van der Waals surface area contributed by atoms with Crippen LogP contribution in [0.25, 0.3) is 16.6 Å². The van der Waals surface area contributed by atoms with Gasteiger partial charge in [-0.1, -0.05) is 32.1 Å². The second-order valence-corrected chi connectivity index (χ2v) is 9.71. The van der Waals surface area contributed by atoms with Crippen molar-refractivity contribution in [3.63, 3.8) is 0 Å². The molecule has 7 heteroatoms. The number of hydrogen-bond donors (Lipinski definition) is 1. The minimum Gasteiger partial charge on any atom is -0.346 e. The zero-order valence-electron chi connectivity index (χ0n) is 19.2. The Hall–Kier alpha value is -3.22. The Kier molecular flexibility index (Phi) is 5.64. The zero-order chi connectivity index (χ0) is 23.1. The van der Waals surface area contributed by atoms with Crippen molar-refractivity contribution in [3.05, 3.63) is 48.3 Å². The molecule has 0 aromatic carbocycles. The summed E-state index contributed by atoms with van der Waals surface area (Å²) >= 11 is 0. The van der Waals surface area contributed by atoms with E-state index < -0.39 is 6.04 Å². The number of aromatic amines is 1. The van der Waals surface area contributed by atoms with E-state index in [1.165, 1.54) is 10.5 Å². The fourth-order valence-electron chi connectivity index (χ4n) is 5.44. The van der Waals surface area contributed by atoms with Gasteiger partial charge in [-0.3, -0.25) is 19.3 Å². The quantitative estimate of drug-likeness (QED) is 0.562. The monoisotopic (exact) mass is 446 g/mol. The molecular weight excluding hydrogens is 416 g/mol. The van der Waals surface area contributed by atoms with Crippen molar-refractivity contribution >= 4 is 34.3 Å². The number of nitrogens with one attached hydrogen (secondary N) is 1. The molecule has 3 atom stereocenters. The van der Waals surface area contributed by atoms with Gasteiger partial charge in [-0.05, 0) is 49.3 Å². The molecule has 1 N–H and O–H groups in total. The van der Waals surface area contributed by atoms with Gasteiger partial charge in [0, 0.05) is 36.4 Å². The Morgan fingerprint density at radius 1 is 1.18 bits per heavy atom. The predicted octanol–water partition coefficient (Wildman–Crippen LogP) is 3.54. The maximum absolute atomic E-state index is 13.6. The topological polar surface area (TPSA) is 86.4 Å². The summed E-state index contributed by atoms with van der Waals surface area (Å²) in [5.41, 5.74) is 3.15. The lowest BCUT2D eigenvalue weighted by atomic mass is 9.85. The van der Waals surface area contributed by atoms with Gasteiger partial charge < -0.3 is 9.88 Å². The van der Waals surface area contributed by atoms with Gasteiger partial charge in [0.2, 0.25) is 17.7 Å². The number of hydrogen-bond acceptors (Lipinski definition) is 4. The van der Waals surface area contributed by atoms with Crippen LogP contribution < -0.4 is 0 Å². The lowest BCUT2D eigenvalue weighted by Crippen LogP contribution is -2.52. The maximum Gasteiger partial charge on any atom is 0.246 e. The van der Waals surface area contributed by atoms with Crippen LogP contribution in [0.15, 0.2) is 42.8 Å². The lowest BCUT2D eigenvalue weighted by Gasteiger charge is -2.34. The summed E-state index contributed by atoms with van der Waals surface area (Å²) in [5, 5.41) is 1.07. The molecule has 33 heavy (non-hydrogen) atoms. The molecule has 0 radical (unpaired) electrons. The van der Waals surface area contributed by atoms with E-state index in [1.807, 2.05) is 44.3 Å². The molecule has 7 nitrogen and oxygen atoms in total. The third-order valence-electron chi connectivity index (χ3n) is 7.15. The fourth-order valence-corrected chi connectivity index (χ4v) is 5.44. The molecule has 0 saturated carbocycles. The summed E-state index contributed by atoms with van der Waals surface area (Å²) in [6.07, 6.45) is 12.2. The van der Waals surface area contributed by atoms with Crippen molar-refractivity contribution in [3.8, 4) is 0 Å². The standard InChI is InChI=1S/C26H30N4O3/c1-16(2)14-22(30-24(31)19-6-3-4-7-20(19)25(30)32)26(33)29-12-9-17(10-13-29)21-15-28-23-18(21)8-5-11-27-23/h3-5,8-9,11,15-16,19-20,22H,6-7,10,12-14H2,1-2H3,(H,27,28). The SMILES string of the molecule is CC(C)CC(C(=O)N1CC=C(c2c[nH]c3ncccc23)CC1)N1C(=O)C2CC=CCC2C1=O. The van der Waals surface area contributed by atoms with Gasteiger partial charge in [0.25, 0.3) is 0 Å². The number of imide groups is 1. The Morgan fingerprint density at radius 3 is 2.55 bits per heavy atom. The van der Waals surface area contributed by atoms with E-state index in [0.717, 1.165) is 23.0 Å². The second-order valence-electron chi connectivity index (χ2n) is 9.71. The molecule has 0 spiro atoms. The van der Waals surface area contributed by atoms with E-state index >= 15 is 0 Å². The Bertz CT molecular complexity index is 1140. The molecule has 5 rings (SSSR count). The summed E-state index contributed by atoms with van der Waals surface area (Å²) in [4.78, 5) is 50.7. The first kappa shape index (κ1) is 21.6. The van der Waals surface area contributed by atoms with Crippen molar-refractivity contribution in [2.45, 2.75) is 45.6 Å². The van der Waals surface area contributed by atoms with Gasteiger partial charge in [-0.15, -0.1) is 0 Å². The largest absolute Gasteiger partial charge is 0.346 e. The third kappa shape index (κ3) is 3.79. The highest BCUT2D eigenvalue weighted by Gasteiger charge is 2.51. The van der Waals surface area contributed by atoms with Gasteiger partial charge in [-0.2, -0.15) is 0 Å². The smallest absolute Gasteiger partial charge is 0.246 e. The number of amides is 3. The molecule has 1 saturated heterocycles. The van der Waals surface area contributed by atoms with E-state index in [9.17, 15) is 14.4 Å². The number of likely N-dealkylation sites (tertiary alicyclic amines) is 1. The first-order valence-electron chi connectivity index (χ1n) is 11.9. The fraction of sp³-hybridized carbons (Fsp3) is 0.462. The van der Waals surface area contributed by atoms with Crippen LogP contribution in [-0.4, -0.2) is 56.6 Å².